The maximum atomic E-state index is 12.6. The molecule has 0 aliphatic carbocycles. The summed E-state index contributed by atoms with van der Waals surface area (Å²) in [7, 11) is -0.802. The fourth-order valence-corrected chi connectivity index (χ4v) is 4.65. The second-order valence-electron chi connectivity index (χ2n) is 4.34. The molecule has 7 nitrogen and oxygen atoms in total. The van der Waals surface area contributed by atoms with Gasteiger partial charge < -0.3 is 14.6 Å². The van der Waals surface area contributed by atoms with Crippen LogP contribution in [-0.4, -0.2) is 63.8 Å². The zero-order valence-electron chi connectivity index (χ0n) is 12.1. The minimum Gasteiger partial charge on any atom is -0.477 e. The van der Waals surface area contributed by atoms with Crippen molar-refractivity contribution >= 4 is 27.3 Å². The fourth-order valence-electron chi connectivity index (χ4n) is 1.77. The van der Waals surface area contributed by atoms with Crippen LogP contribution in [0.4, 0.5) is 0 Å². The standard InChI is InChI=1S/C12H19NO6S2/c1-9(8-19-3)13(6-7-18-2)21(16,17)11-5-4-10(20-11)12(14)15/h4-5,9H,6-8H2,1-3H3,(H,14,15). The second-order valence-corrected chi connectivity index (χ2v) is 7.54. The van der Waals surface area contributed by atoms with Gasteiger partial charge in [0.2, 0.25) is 0 Å². The predicted octanol–water partition coefficient (Wildman–Crippen LogP) is 1.12. The van der Waals surface area contributed by atoms with Crippen LogP contribution in [0.25, 0.3) is 0 Å². The molecule has 9 heteroatoms. The first-order valence-corrected chi connectivity index (χ1v) is 8.43. The summed E-state index contributed by atoms with van der Waals surface area (Å²) in [6.45, 7) is 2.37. The monoisotopic (exact) mass is 337 g/mol. The van der Waals surface area contributed by atoms with E-state index in [9.17, 15) is 13.2 Å². The van der Waals surface area contributed by atoms with Crippen LogP contribution in [0, 0.1) is 0 Å². The molecule has 0 saturated carbocycles. The zero-order valence-corrected chi connectivity index (χ0v) is 13.7. The molecule has 0 saturated heterocycles. The SMILES string of the molecule is COCCN(C(C)COC)S(=O)(=O)c1ccc(C(=O)O)s1. The Morgan fingerprint density at radius 1 is 1.38 bits per heavy atom. The van der Waals surface area contributed by atoms with Gasteiger partial charge in [0.25, 0.3) is 10.0 Å². The van der Waals surface area contributed by atoms with Crippen LogP contribution in [0.1, 0.15) is 16.6 Å². The third kappa shape index (κ3) is 4.48. The highest BCUT2D eigenvalue weighted by atomic mass is 32.2. The molecule has 1 atom stereocenters. The number of aromatic carboxylic acids is 1. The van der Waals surface area contributed by atoms with Crippen molar-refractivity contribution in [2.75, 3.05) is 34.0 Å². The van der Waals surface area contributed by atoms with Crippen molar-refractivity contribution in [1.29, 1.82) is 0 Å². The molecule has 1 N–H and O–H groups in total. The number of rotatable bonds is 9. The van der Waals surface area contributed by atoms with E-state index in [1.165, 1.54) is 30.7 Å². The Balaban J connectivity index is 3.09. The van der Waals surface area contributed by atoms with Gasteiger partial charge in [0.15, 0.2) is 0 Å². The molecule has 1 aromatic heterocycles. The van der Waals surface area contributed by atoms with Crippen LogP contribution in [0.15, 0.2) is 16.3 Å². The summed E-state index contributed by atoms with van der Waals surface area (Å²) in [4.78, 5) is 10.9. The zero-order chi connectivity index (χ0) is 16.0. The molecule has 0 amide bonds. The topological polar surface area (TPSA) is 93.1 Å². The van der Waals surface area contributed by atoms with Crippen LogP contribution < -0.4 is 0 Å². The minimum absolute atomic E-state index is 0.000967. The summed E-state index contributed by atoms with van der Waals surface area (Å²) in [5.74, 6) is -1.14. The number of ether oxygens (including phenoxy) is 2. The Morgan fingerprint density at radius 3 is 2.52 bits per heavy atom. The Kier molecular flexibility index (Phi) is 6.75. The van der Waals surface area contributed by atoms with E-state index < -0.39 is 16.0 Å². The maximum Gasteiger partial charge on any atom is 0.345 e. The van der Waals surface area contributed by atoms with E-state index in [0.29, 0.717) is 0 Å². The molecule has 1 heterocycles. The number of hydrogen-bond acceptors (Lipinski definition) is 6. The lowest BCUT2D eigenvalue weighted by atomic mass is 10.3. The first kappa shape index (κ1) is 18.1. The molecule has 120 valence electrons. The summed E-state index contributed by atoms with van der Waals surface area (Å²) in [6, 6.07) is 2.21. The first-order chi connectivity index (χ1) is 9.84. The smallest absolute Gasteiger partial charge is 0.345 e. The highest BCUT2D eigenvalue weighted by Crippen LogP contribution is 2.26. The van der Waals surface area contributed by atoms with Crippen LogP contribution >= 0.6 is 11.3 Å². The van der Waals surface area contributed by atoms with Crippen LogP contribution in [0.3, 0.4) is 0 Å². The van der Waals surface area contributed by atoms with Crippen molar-refractivity contribution in [2.45, 2.75) is 17.2 Å². The van der Waals surface area contributed by atoms with Gasteiger partial charge in [-0.1, -0.05) is 0 Å². The Hall–Kier alpha value is -1.00. The van der Waals surface area contributed by atoms with Gasteiger partial charge in [0, 0.05) is 26.8 Å². The lowest BCUT2D eigenvalue weighted by Crippen LogP contribution is -2.42. The van der Waals surface area contributed by atoms with Gasteiger partial charge in [-0.15, -0.1) is 11.3 Å². The van der Waals surface area contributed by atoms with E-state index in [1.807, 2.05) is 0 Å². The number of carbonyl (C=O) groups is 1. The Bertz CT molecular complexity index is 568. The van der Waals surface area contributed by atoms with Crippen molar-refractivity contribution in [3.63, 3.8) is 0 Å². The van der Waals surface area contributed by atoms with Crippen molar-refractivity contribution in [2.24, 2.45) is 0 Å². The quantitative estimate of drug-likeness (QED) is 0.726. The second kappa shape index (κ2) is 7.85. The molecular formula is C12H19NO6S2. The largest absolute Gasteiger partial charge is 0.477 e. The number of methoxy groups -OCH3 is 2. The van der Waals surface area contributed by atoms with Crippen molar-refractivity contribution in [1.82, 2.24) is 4.31 Å². The van der Waals surface area contributed by atoms with E-state index >= 15 is 0 Å². The number of thiophene rings is 1. The lowest BCUT2D eigenvalue weighted by molar-refractivity contribution is 0.0702. The lowest BCUT2D eigenvalue weighted by Gasteiger charge is -2.27. The van der Waals surface area contributed by atoms with Crippen LogP contribution in [-0.2, 0) is 19.5 Å². The fraction of sp³-hybridized carbons (Fsp3) is 0.583. The normalized spacial score (nSPS) is 13.5. The molecule has 0 radical (unpaired) electrons. The van der Waals surface area contributed by atoms with Gasteiger partial charge >= 0.3 is 5.97 Å². The Labute approximate surface area is 128 Å². The molecule has 1 unspecified atom stereocenters. The number of nitrogens with zero attached hydrogens (tertiary/aromatic N) is 1. The molecular weight excluding hydrogens is 318 g/mol. The van der Waals surface area contributed by atoms with E-state index in [-0.39, 0.29) is 34.9 Å². The van der Waals surface area contributed by atoms with E-state index in [1.54, 1.807) is 6.92 Å². The number of carboxylic acid groups (broad SMARTS) is 1. The molecule has 0 fully saturated rings. The van der Waals surface area contributed by atoms with E-state index in [4.69, 9.17) is 14.6 Å². The highest BCUT2D eigenvalue weighted by molar-refractivity contribution is 7.91. The average Bonchev–Trinajstić information content (AvgIpc) is 2.89. The molecule has 1 rings (SSSR count). The third-order valence-electron chi connectivity index (χ3n) is 2.77. The molecule has 0 bridgehead atoms. The van der Waals surface area contributed by atoms with E-state index in [0.717, 1.165) is 11.3 Å². The molecule has 1 aromatic rings. The van der Waals surface area contributed by atoms with Crippen LogP contribution in [0.5, 0.6) is 0 Å². The van der Waals surface area contributed by atoms with Gasteiger partial charge in [-0.05, 0) is 19.1 Å². The van der Waals surface area contributed by atoms with Gasteiger partial charge in [-0.25, -0.2) is 13.2 Å². The van der Waals surface area contributed by atoms with Gasteiger partial charge in [-0.3, -0.25) is 0 Å². The van der Waals surface area contributed by atoms with Gasteiger partial charge in [-0.2, -0.15) is 4.31 Å². The van der Waals surface area contributed by atoms with E-state index in [2.05, 4.69) is 0 Å². The first-order valence-electron chi connectivity index (χ1n) is 6.17. The van der Waals surface area contributed by atoms with Gasteiger partial charge in [0.05, 0.1) is 13.2 Å². The minimum atomic E-state index is -3.78. The number of carboxylic acids is 1. The summed E-state index contributed by atoms with van der Waals surface area (Å²) < 4.78 is 36.4. The number of hydrogen-bond donors (Lipinski definition) is 1. The summed E-state index contributed by atoms with van der Waals surface area (Å²) in [5, 5.41) is 8.90. The van der Waals surface area contributed by atoms with Crippen molar-refractivity contribution in [3.8, 4) is 0 Å². The average molecular weight is 337 g/mol. The summed E-state index contributed by atoms with van der Waals surface area (Å²) in [5.41, 5.74) is 0. The molecule has 0 aliphatic rings. The number of sulfonamides is 1. The molecule has 0 aromatic carbocycles. The third-order valence-corrected chi connectivity index (χ3v) is 6.32. The van der Waals surface area contributed by atoms with Crippen molar-refractivity contribution < 1.29 is 27.8 Å². The van der Waals surface area contributed by atoms with Crippen LogP contribution in [0.2, 0.25) is 0 Å². The summed E-state index contributed by atoms with van der Waals surface area (Å²) in [6.07, 6.45) is 0. The van der Waals surface area contributed by atoms with Crippen molar-refractivity contribution in [3.05, 3.63) is 17.0 Å². The summed E-state index contributed by atoms with van der Waals surface area (Å²) >= 11 is 0.734. The van der Waals surface area contributed by atoms with Gasteiger partial charge in [0.1, 0.15) is 9.09 Å². The Morgan fingerprint density at radius 2 is 2.05 bits per heavy atom. The highest BCUT2D eigenvalue weighted by Gasteiger charge is 2.30. The predicted molar refractivity (Wildman–Crippen MR) is 78.4 cm³/mol. The molecule has 0 spiro atoms. The molecule has 0 aliphatic heterocycles. The maximum absolute atomic E-state index is 12.6. The molecule has 21 heavy (non-hydrogen) atoms.